The van der Waals surface area contributed by atoms with E-state index in [0.29, 0.717) is 4.88 Å². The third-order valence-electron chi connectivity index (χ3n) is 3.08. The van der Waals surface area contributed by atoms with Crippen molar-refractivity contribution in [2.75, 3.05) is 32.4 Å². The van der Waals surface area contributed by atoms with Crippen molar-refractivity contribution in [3.05, 3.63) is 17.0 Å². The predicted octanol–water partition coefficient (Wildman–Crippen LogP) is -0.352. The van der Waals surface area contributed by atoms with Gasteiger partial charge in [-0.2, -0.15) is 8.61 Å². The first-order chi connectivity index (χ1) is 9.62. The molecular weight excluding hydrogens is 354 g/mol. The fraction of sp³-hybridized carbons (Fsp3) is 0.500. The van der Waals surface area contributed by atoms with Crippen LogP contribution in [0.3, 0.4) is 0 Å². The molecule has 0 radical (unpaired) electrons. The van der Waals surface area contributed by atoms with Crippen LogP contribution in [0.15, 0.2) is 16.3 Å². The molecule has 2 heterocycles. The quantitative estimate of drug-likeness (QED) is 0.728. The standard InChI is InChI=1S/C10H15N3O4S4/c1-20(14,15)12-4-6-13(7-5-12)21(16,17)9-3-2-8(19-9)10(11)18/h2-3H,4-7H2,1H3,(H2,11,18). The largest absolute Gasteiger partial charge is 0.389 e. The van der Waals surface area contributed by atoms with Crippen LogP contribution in [-0.4, -0.2) is 62.9 Å². The summed E-state index contributed by atoms with van der Waals surface area (Å²) >= 11 is 5.84. The monoisotopic (exact) mass is 369 g/mol. The maximum atomic E-state index is 12.5. The highest BCUT2D eigenvalue weighted by Gasteiger charge is 2.32. The van der Waals surface area contributed by atoms with Crippen molar-refractivity contribution in [3.63, 3.8) is 0 Å². The number of sulfonamides is 2. The SMILES string of the molecule is CS(=O)(=O)N1CCN(S(=O)(=O)c2ccc(C(N)=S)s2)CC1. The highest BCUT2D eigenvalue weighted by Crippen LogP contribution is 2.26. The zero-order chi connectivity index (χ0) is 15.8. The van der Waals surface area contributed by atoms with Crippen LogP contribution in [0.2, 0.25) is 0 Å². The summed E-state index contributed by atoms with van der Waals surface area (Å²) in [5, 5.41) is 0. The molecule has 0 saturated carbocycles. The van der Waals surface area contributed by atoms with E-state index >= 15 is 0 Å². The van der Waals surface area contributed by atoms with Crippen molar-refractivity contribution in [3.8, 4) is 0 Å². The molecule has 2 rings (SSSR count). The van der Waals surface area contributed by atoms with Gasteiger partial charge in [-0.25, -0.2) is 16.8 Å². The Balaban J connectivity index is 2.16. The lowest BCUT2D eigenvalue weighted by atomic mass is 10.4. The number of rotatable bonds is 4. The normalized spacial score (nSPS) is 18.7. The lowest BCUT2D eigenvalue weighted by Crippen LogP contribution is -2.50. The Hall–Kier alpha value is -0.590. The highest BCUT2D eigenvalue weighted by atomic mass is 32.2. The van der Waals surface area contributed by atoms with Crippen LogP contribution in [0.4, 0.5) is 0 Å². The molecule has 0 spiro atoms. The van der Waals surface area contributed by atoms with Crippen LogP contribution in [0.1, 0.15) is 4.88 Å². The minimum atomic E-state index is -3.63. The molecule has 1 saturated heterocycles. The summed E-state index contributed by atoms with van der Waals surface area (Å²) in [4.78, 5) is 0.696. The molecule has 2 N–H and O–H groups in total. The number of piperazine rings is 1. The van der Waals surface area contributed by atoms with Crippen LogP contribution in [0, 0.1) is 0 Å². The van der Waals surface area contributed by atoms with E-state index in [-0.39, 0.29) is 35.4 Å². The molecule has 7 nitrogen and oxygen atoms in total. The smallest absolute Gasteiger partial charge is 0.252 e. The van der Waals surface area contributed by atoms with Gasteiger partial charge in [0.05, 0.1) is 11.1 Å². The second-order valence-corrected chi connectivity index (χ2v) is 10.2. The molecular formula is C10H15N3O4S4. The average molecular weight is 370 g/mol. The number of hydrogen-bond donors (Lipinski definition) is 1. The third kappa shape index (κ3) is 3.60. The van der Waals surface area contributed by atoms with E-state index in [1.807, 2.05) is 0 Å². The van der Waals surface area contributed by atoms with Gasteiger partial charge in [0.15, 0.2) is 0 Å². The van der Waals surface area contributed by atoms with Crippen LogP contribution in [0.25, 0.3) is 0 Å². The molecule has 1 aliphatic heterocycles. The number of hydrogen-bond acceptors (Lipinski definition) is 6. The Morgan fingerprint density at radius 3 is 2.10 bits per heavy atom. The van der Waals surface area contributed by atoms with E-state index in [1.54, 1.807) is 6.07 Å². The fourth-order valence-corrected chi connectivity index (χ4v) is 5.71. The molecule has 0 unspecified atom stereocenters. The molecule has 0 amide bonds. The van der Waals surface area contributed by atoms with Crippen molar-refractivity contribution < 1.29 is 16.8 Å². The van der Waals surface area contributed by atoms with Crippen LogP contribution in [-0.2, 0) is 20.0 Å². The molecule has 1 aromatic rings. The number of thiophene rings is 1. The van der Waals surface area contributed by atoms with E-state index < -0.39 is 20.0 Å². The summed E-state index contributed by atoms with van der Waals surface area (Å²) in [7, 11) is -6.91. The van der Waals surface area contributed by atoms with Gasteiger partial charge >= 0.3 is 0 Å². The Morgan fingerprint density at radius 1 is 1.14 bits per heavy atom. The third-order valence-corrected chi connectivity index (χ3v) is 8.22. The lowest BCUT2D eigenvalue weighted by molar-refractivity contribution is 0.274. The molecule has 0 atom stereocenters. The Kier molecular flexibility index (Phi) is 4.71. The first-order valence-electron chi connectivity index (χ1n) is 5.97. The van der Waals surface area contributed by atoms with E-state index in [0.717, 1.165) is 17.6 Å². The van der Waals surface area contributed by atoms with Gasteiger partial charge in [0.25, 0.3) is 10.0 Å². The minimum Gasteiger partial charge on any atom is -0.389 e. The first-order valence-corrected chi connectivity index (χ1v) is 10.5. The zero-order valence-electron chi connectivity index (χ0n) is 11.2. The van der Waals surface area contributed by atoms with E-state index in [4.69, 9.17) is 18.0 Å². The molecule has 1 aliphatic rings. The van der Waals surface area contributed by atoms with Gasteiger partial charge in [-0.1, -0.05) is 12.2 Å². The molecule has 0 aliphatic carbocycles. The molecule has 118 valence electrons. The number of nitrogens with two attached hydrogens (primary N) is 1. The molecule has 21 heavy (non-hydrogen) atoms. The van der Waals surface area contributed by atoms with E-state index in [1.165, 1.54) is 14.7 Å². The Morgan fingerprint density at radius 2 is 1.67 bits per heavy atom. The van der Waals surface area contributed by atoms with Crippen LogP contribution < -0.4 is 5.73 Å². The van der Waals surface area contributed by atoms with Crippen molar-refractivity contribution in [2.45, 2.75) is 4.21 Å². The summed E-state index contributed by atoms with van der Waals surface area (Å²) in [6.45, 7) is 0.586. The maximum absolute atomic E-state index is 12.5. The van der Waals surface area contributed by atoms with E-state index in [9.17, 15) is 16.8 Å². The predicted molar refractivity (Wildman–Crippen MR) is 85.4 cm³/mol. The van der Waals surface area contributed by atoms with Gasteiger partial charge in [-0.05, 0) is 12.1 Å². The summed E-state index contributed by atoms with van der Waals surface area (Å²) in [6.07, 6.45) is 1.12. The number of nitrogens with zero attached hydrogens (tertiary/aromatic N) is 2. The maximum Gasteiger partial charge on any atom is 0.252 e. The van der Waals surface area contributed by atoms with Gasteiger partial charge in [-0.3, -0.25) is 0 Å². The molecule has 11 heteroatoms. The van der Waals surface area contributed by atoms with Crippen molar-refractivity contribution in [1.29, 1.82) is 0 Å². The second kappa shape index (κ2) is 5.89. The summed E-state index contributed by atoms with van der Waals surface area (Å²) in [5.74, 6) is 0. The van der Waals surface area contributed by atoms with Gasteiger partial charge < -0.3 is 5.73 Å². The Bertz CT molecular complexity index is 745. The summed E-state index contributed by atoms with van der Waals surface area (Å²) in [6, 6.07) is 3.05. The summed E-state index contributed by atoms with van der Waals surface area (Å²) in [5.41, 5.74) is 5.47. The fourth-order valence-electron chi connectivity index (χ4n) is 1.96. The summed E-state index contributed by atoms with van der Waals surface area (Å²) < 4.78 is 50.5. The molecule has 0 aromatic carbocycles. The molecule has 1 aromatic heterocycles. The van der Waals surface area contributed by atoms with Gasteiger partial charge in [0.1, 0.15) is 9.20 Å². The van der Waals surface area contributed by atoms with Gasteiger partial charge in [-0.15, -0.1) is 11.3 Å². The Labute approximate surface area is 133 Å². The van der Waals surface area contributed by atoms with Gasteiger partial charge in [0, 0.05) is 26.2 Å². The van der Waals surface area contributed by atoms with Gasteiger partial charge in [0.2, 0.25) is 10.0 Å². The van der Waals surface area contributed by atoms with Crippen molar-refractivity contribution in [2.24, 2.45) is 5.73 Å². The van der Waals surface area contributed by atoms with Crippen LogP contribution in [0.5, 0.6) is 0 Å². The topological polar surface area (TPSA) is 101 Å². The number of thiocarbonyl (C=S) groups is 1. The van der Waals surface area contributed by atoms with Crippen molar-refractivity contribution >= 4 is 48.6 Å². The van der Waals surface area contributed by atoms with Crippen LogP contribution >= 0.6 is 23.6 Å². The second-order valence-electron chi connectivity index (χ2n) is 4.55. The molecule has 1 fully saturated rings. The lowest BCUT2D eigenvalue weighted by Gasteiger charge is -2.32. The van der Waals surface area contributed by atoms with E-state index in [2.05, 4.69) is 0 Å². The van der Waals surface area contributed by atoms with Crippen molar-refractivity contribution in [1.82, 2.24) is 8.61 Å². The minimum absolute atomic E-state index is 0.135. The highest BCUT2D eigenvalue weighted by molar-refractivity contribution is 7.91. The first kappa shape index (κ1) is 16.8. The average Bonchev–Trinajstić information content (AvgIpc) is 2.88. The molecule has 0 bridgehead atoms. The zero-order valence-corrected chi connectivity index (χ0v) is 14.5.